The molecule has 2 aromatic rings. The van der Waals surface area contributed by atoms with Gasteiger partial charge in [0.1, 0.15) is 10.7 Å². The summed E-state index contributed by atoms with van der Waals surface area (Å²) in [6, 6.07) is 12.8. The molecule has 156 valence electrons. The summed E-state index contributed by atoms with van der Waals surface area (Å²) in [5.74, 6) is -2.74. The fourth-order valence-electron chi connectivity index (χ4n) is 3.98. The number of sulfonamides is 1. The van der Waals surface area contributed by atoms with Crippen molar-refractivity contribution in [3.63, 3.8) is 0 Å². The lowest BCUT2D eigenvalue weighted by molar-refractivity contribution is -0.147. The van der Waals surface area contributed by atoms with E-state index >= 15 is 0 Å². The molecular weight excluding hydrogens is 388 g/mol. The third-order valence-corrected chi connectivity index (χ3v) is 7.09. The lowest BCUT2D eigenvalue weighted by Gasteiger charge is -2.36. The van der Waals surface area contributed by atoms with Gasteiger partial charge in [-0.05, 0) is 34.2 Å². The number of carbonyl (C=O) groups is 2. The largest absolute Gasteiger partial charge is 0.369 e. The number of hydrogen-bond acceptors (Lipinski definition) is 4. The predicted octanol–water partition coefficient (Wildman–Crippen LogP) is 3.30. The normalized spacial score (nSPS) is 13.4. The molecule has 0 radical (unpaired) electrons. The van der Waals surface area contributed by atoms with Gasteiger partial charge < -0.3 is 5.73 Å². The van der Waals surface area contributed by atoms with Crippen LogP contribution < -0.4 is 10.5 Å². The minimum atomic E-state index is -4.20. The molecule has 3 N–H and O–H groups in total. The molecule has 0 spiro atoms. The first kappa shape index (κ1) is 22.6. The SMILES string of the molecule is C=CC(c1ccc2ccccc2c1)S(=O)(=O)NC(=O)C(C(N)=O)(C(C)C)C(C)C. The smallest absolute Gasteiger partial charge is 0.249 e. The highest BCUT2D eigenvalue weighted by molar-refractivity contribution is 7.90. The monoisotopic (exact) mass is 416 g/mol. The molecule has 0 fully saturated rings. The molecule has 29 heavy (non-hydrogen) atoms. The average molecular weight is 417 g/mol. The van der Waals surface area contributed by atoms with Gasteiger partial charge in [-0.25, -0.2) is 8.42 Å². The van der Waals surface area contributed by atoms with Crippen molar-refractivity contribution < 1.29 is 18.0 Å². The highest BCUT2D eigenvalue weighted by Gasteiger charge is 2.51. The summed E-state index contributed by atoms with van der Waals surface area (Å²) in [5, 5.41) is 0.669. The van der Waals surface area contributed by atoms with Crippen LogP contribution in [-0.2, 0) is 19.6 Å². The summed E-state index contributed by atoms with van der Waals surface area (Å²) in [5.41, 5.74) is 4.38. The zero-order valence-corrected chi connectivity index (χ0v) is 18.0. The second kappa shape index (κ2) is 8.37. The highest BCUT2D eigenvalue weighted by atomic mass is 32.2. The van der Waals surface area contributed by atoms with Crippen LogP contribution in [0.2, 0.25) is 0 Å². The van der Waals surface area contributed by atoms with Gasteiger partial charge in [0.05, 0.1) is 0 Å². The summed E-state index contributed by atoms with van der Waals surface area (Å²) >= 11 is 0. The second-order valence-electron chi connectivity index (χ2n) is 7.78. The summed E-state index contributed by atoms with van der Waals surface area (Å²) < 4.78 is 28.2. The van der Waals surface area contributed by atoms with Gasteiger partial charge in [0.25, 0.3) is 0 Å². The van der Waals surface area contributed by atoms with Crippen molar-refractivity contribution >= 4 is 32.6 Å². The molecule has 0 saturated carbocycles. The maximum Gasteiger partial charge on any atom is 0.249 e. The van der Waals surface area contributed by atoms with Crippen LogP contribution >= 0.6 is 0 Å². The summed E-state index contributed by atoms with van der Waals surface area (Å²) in [7, 11) is -4.20. The number of benzene rings is 2. The van der Waals surface area contributed by atoms with E-state index in [0.29, 0.717) is 5.56 Å². The minimum absolute atomic E-state index is 0.470. The lowest BCUT2D eigenvalue weighted by Crippen LogP contribution is -2.57. The van der Waals surface area contributed by atoms with Gasteiger partial charge in [0.2, 0.25) is 21.8 Å². The van der Waals surface area contributed by atoms with Crippen LogP contribution in [-0.4, -0.2) is 20.2 Å². The second-order valence-corrected chi connectivity index (χ2v) is 9.58. The number of fused-ring (bicyclic) bond motifs is 1. The van der Waals surface area contributed by atoms with E-state index in [1.54, 1.807) is 39.8 Å². The van der Waals surface area contributed by atoms with Crippen LogP contribution in [0.1, 0.15) is 38.5 Å². The third-order valence-electron chi connectivity index (χ3n) is 5.49. The molecule has 0 saturated heterocycles. The van der Waals surface area contributed by atoms with Crippen molar-refractivity contribution in [2.45, 2.75) is 32.9 Å². The molecule has 0 aliphatic heterocycles. The van der Waals surface area contributed by atoms with Crippen LogP contribution in [0.3, 0.4) is 0 Å². The maximum absolute atomic E-state index is 13.1. The molecule has 0 aromatic heterocycles. The van der Waals surface area contributed by atoms with E-state index in [0.717, 1.165) is 10.8 Å². The van der Waals surface area contributed by atoms with E-state index in [-0.39, 0.29) is 0 Å². The molecular formula is C22H28N2O4S. The number of carbonyl (C=O) groups excluding carboxylic acids is 2. The topological polar surface area (TPSA) is 106 Å². The standard InChI is InChI=1S/C22H28N2O4S/c1-6-19(18-12-11-16-9-7-8-10-17(16)13-18)29(27,28)24-21(26)22(14(2)3,15(4)5)20(23)25/h6-15,19H,1H2,2-5H3,(H2,23,25)(H,24,26). The Bertz CT molecular complexity index is 1030. The average Bonchev–Trinajstić information content (AvgIpc) is 2.60. The van der Waals surface area contributed by atoms with Gasteiger partial charge >= 0.3 is 0 Å². The molecule has 0 aliphatic carbocycles. The van der Waals surface area contributed by atoms with E-state index in [1.165, 1.54) is 6.08 Å². The Kier molecular flexibility index (Phi) is 6.53. The van der Waals surface area contributed by atoms with E-state index in [4.69, 9.17) is 5.73 Å². The Balaban J connectivity index is 2.47. The zero-order valence-electron chi connectivity index (χ0n) is 17.2. The summed E-state index contributed by atoms with van der Waals surface area (Å²) in [6.45, 7) is 10.3. The van der Waals surface area contributed by atoms with Gasteiger partial charge in [0, 0.05) is 0 Å². The summed E-state index contributed by atoms with van der Waals surface area (Å²) in [6.07, 6.45) is 1.26. The fraction of sp³-hybridized carbons (Fsp3) is 0.364. The van der Waals surface area contributed by atoms with Crippen LogP contribution in [0, 0.1) is 17.3 Å². The first-order valence-corrected chi connectivity index (χ1v) is 11.0. The number of rotatable bonds is 8. The number of nitrogens with two attached hydrogens (primary N) is 1. The first-order valence-electron chi connectivity index (χ1n) is 9.45. The van der Waals surface area contributed by atoms with Crippen molar-refractivity contribution in [2.24, 2.45) is 23.0 Å². The highest BCUT2D eigenvalue weighted by Crippen LogP contribution is 2.37. The molecule has 1 unspecified atom stereocenters. The van der Waals surface area contributed by atoms with Crippen LogP contribution in [0.4, 0.5) is 0 Å². The van der Waals surface area contributed by atoms with Crippen molar-refractivity contribution in [3.05, 3.63) is 60.7 Å². The summed E-state index contributed by atoms with van der Waals surface area (Å²) in [4.78, 5) is 25.3. The Hall–Kier alpha value is -2.67. The maximum atomic E-state index is 13.1. The van der Waals surface area contributed by atoms with E-state index in [2.05, 4.69) is 11.3 Å². The first-order chi connectivity index (χ1) is 13.5. The number of amides is 2. The zero-order chi connectivity index (χ0) is 22.0. The Labute approximate surface area is 172 Å². The van der Waals surface area contributed by atoms with Crippen molar-refractivity contribution in [3.8, 4) is 0 Å². The molecule has 0 heterocycles. The molecule has 7 heteroatoms. The van der Waals surface area contributed by atoms with Gasteiger partial charge in [-0.15, -0.1) is 6.58 Å². The predicted molar refractivity (Wildman–Crippen MR) is 115 cm³/mol. The minimum Gasteiger partial charge on any atom is -0.369 e. The van der Waals surface area contributed by atoms with E-state index in [1.807, 2.05) is 30.3 Å². The third kappa shape index (κ3) is 4.05. The lowest BCUT2D eigenvalue weighted by atomic mass is 9.68. The molecule has 2 aromatic carbocycles. The van der Waals surface area contributed by atoms with Crippen LogP contribution in [0.15, 0.2) is 55.1 Å². The van der Waals surface area contributed by atoms with Crippen LogP contribution in [0.5, 0.6) is 0 Å². The molecule has 2 amide bonds. The molecule has 6 nitrogen and oxygen atoms in total. The Morgan fingerprint density at radius 2 is 1.59 bits per heavy atom. The Morgan fingerprint density at radius 3 is 2.07 bits per heavy atom. The van der Waals surface area contributed by atoms with Gasteiger partial charge in [-0.3, -0.25) is 14.3 Å². The van der Waals surface area contributed by atoms with Crippen molar-refractivity contribution in [2.75, 3.05) is 0 Å². The quantitative estimate of drug-likeness (QED) is 0.509. The van der Waals surface area contributed by atoms with Crippen LogP contribution in [0.25, 0.3) is 10.8 Å². The molecule has 0 aliphatic rings. The Morgan fingerprint density at radius 1 is 1.03 bits per heavy atom. The molecule has 0 bridgehead atoms. The van der Waals surface area contributed by atoms with E-state index in [9.17, 15) is 18.0 Å². The molecule has 1 atom stereocenters. The number of nitrogens with one attached hydrogen (secondary N) is 1. The van der Waals surface area contributed by atoms with Gasteiger partial charge in [-0.2, -0.15) is 0 Å². The number of primary amides is 1. The van der Waals surface area contributed by atoms with Gasteiger partial charge in [-0.1, -0.05) is 70.2 Å². The van der Waals surface area contributed by atoms with Gasteiger partial charge in [0.15, 0.2) is 0 Å². The van der Waals surface area contributed by atoms with Crippen molar-refractivity contribution in [1.82, 2.24) is 4.72 Å². The number of hydrogen-bond donors (Lipinski definition) is 2. The molecule has 2 rings (SSSR count). The van der Waals surface area contributed by atoms with Crippen molar-refractivity contribution in [1.29, 1.82) is 0 Å². The van der Waals surface area contributed by atoms with E-state index < -0.39 is 44.3 Å². The fourth-order valence-corrected chi connectivity index (χ4v) is 5.29.